The Labute approximate surface area is 135 Å². The van der Waals surface area contributed by atoms with Crippen molar-refractivity contribution < 1.29 is 4.74 Å². The van der Waals surface area contributed by atoms with E-state index in [-0.39, 0.29) is 6.04 Å². The number of anilines is 2. The molecule has 0 aromatic carbocycles. The first-order valence-electron chi connectivity index (χ1n) is 7.54. The van der Waals surface area contributed by atoms with E-state index in [1.165, 1.54) is 0 Å². The second-order valence-corrected chi connectivity index (χ2v) is 5.32. The van der Waals surface area contributed by atoms with Crippen molar-refractivity contribution >= 4 is 18.0 Å². The molecule has 2 aromatic rings. The molecule has 7 nitrogen and oxygen atoms in total. The van der Waals surface area contributed by atoms with Gasteiger partial charge in [0.2, 0.25) is 11.9 Å². The monoisotopic (exact) mass is 312 g/mol. The van der Waals surface area contributed by atoms with Crippen LogP contribution in [0.15, 0.2) is 37.4 Å². The molecule has 1 aliphatic heterocycles. The SMILES string of the molecule is C=Cc1cnc(N2CCN(c3ncccn3)[C@@H](COC)C2)nc1. The molecule has 0 unspecified atom stereocenters. The van der Waals surface area contributed by atoms with Gasteiger partial charge in [-0.3, -0.25) is 0 Å². The number of piperazine rings is 1. The van der Waals surface area contributed by atoms with Crippen LogP contribution in [0.1, 0.15) is 5.56 Å². The quantitative estimate of drug-likeness (QED) is 0.823. The van der Waals surface area contributed by atoms with Crippen molar-refractivity contribution in [2.24, 2.45) is 0 Å². The summed E-state index contributed by atoms with van der Waals surface area (Å²) < 4.78 is 5.38. The number of hydrogen-bond acceptors (Lipinski definition) is 7. The number of hydrogen-bond donors (Lipinski definition) is 0. The van der Waals surface area contributed by atoms with Crippen LogP contribution < -0.4 is 9.80 Å². The Morgan fingerprint density at radius 1 is 1.17 bits per heavy atom. The molecule has 0 radical (unpaired) electrons. The number of aromatic nitrogens is 4. The predicted octanol–water partition coefficient (Wildman–Crippen LogP) is 1.25. The van der Waals surface area contributed by atoms with E-state index in [9.17, 15) is 0 Å². The molecule has 120 valence electrons. The van der Waals surface area contributed by atoms with Gasteiger partial charge in [0.05, 0.1) is 12.6 Å². The average Bonchev–Trinajstić information content (AvgIpc) is 2.63. The molecule has 0 N–H and O–H groups in total. The van der Waals surface area contributed by atoms with E-state index in [2.05, 4.69) is 36.3 Å². The summed E-state index contributed by atoms with van der Waals surface area (Å²) in [5.41, 5.74) is 0.915. The molecule has 0 bridgehead atoms. The largest absolute Gasteiger partial charge is 0.382 e. The highest BCUT2D eigenvalue weighted by molar-refractivity contribution is 5.46. The van der Waals surface area contributed by atoms with Crippen molar-refractivity contribution in [3.8, 4) is 0 Å². The molecule has 3 rings (SSSR count). The maximum Gasteiger partial charge on any atom is 0.225 e. The minimum absolute atomic E-state index is 0.152. The molecule has 7 heteroatoms. The van der Waals surface area contributed by atoms with Gasteiger partial charge in [-0.05, 0) is 6.07 Å². The van der Waals surface area contributed by atoms with Gasteiger partial charge in [-0.15, -0.1) is 0 Å². The van der Waals surface area contributed by atoms with Crippen LogP contribution in [0.2, 0.25) is 0 Å². The normalized spacial score (nSPS) is 18.0. The van der Waals surface area contributed by atoms with E-state index >= 15 is 0 Å². The zero-order valence-electron chi connectivity index (χ0n) is 13.2. The van der Waals surface area contributed by atoms with Gasteiger partial charge in [0.1, 0.15) is 0 Å². The lowest BCUT2D eigenvalue weighted by atomic mass is 10.2. The summed E-state index contributed by atoms with van der Waals surface area (Å²) in [6, 6.07) is 1.97. The van der Waals surface area contributed by atoms with Crippen molar-refractivity contribution in [3.63, 3.8) is 0 Å². The molecular weight excluding hydrogens is 292 g/mol. The third kappa shape index (κ3) is 3.45. The fraction of sp³-hybridized carbons (Fsp3) is 0.375. The molecule has 1 saturated heterocycles. The van der Waals surface area contributed by atoms with Crippen molar-refractivity contribution in [2.75, 3.05) is 43.2 Å². The molecule has 23 heavy (non-hydrogen) atoms. The minimum atomic E-state index is 0.152. The molecule has 2 aromatic heterocycles. The molecule has 3 heterocycles. The lowest BCUT2D eigenvalue weighted by molar-refractivity contribution is 0.173. The summed E-state index contributed by atoms with van der Waals surface area (Å²) in [6.45, 7) is 6.69. The highest BCUT2D eigenvalue weighted by Crippen LogP contribution is 2.19. The Bertz CT molecular complexity index is 633. The van der Waals surface area contributed by atoms with Crippen LogP contribution in [0.25, 0.3) is 6.08 Å². The zero-order valence-corrected chi connectivity index (χ0v) is 13.2. The Balaban J connectivity index is 1.76. The molecule has 1 atom stereocenters. The van der Waals surface area contributed by atoms with Gasteiger partial charge in [0.15, 0.2) is 0 Å². The van der Waals surface area contributed by atoms with Gasteiger partial charge in [0.25, 0.3) is 0 Å². The van der Waals surface area contributed by atoms with Gasteiger partial charge in [0, 0.05) is 57.1 Å². The Morgan fingerprint density at radius 3 is 2.57 bits per heavy atom. The number of nitrogens with zero attached hydrogens (tertiary/aromatic N) is 6. The molecule has 1 fully saturated rings. The predicted molar refractivity (Wildman–Crippen MR) is 89.4 cm³/mol. The topological polar surface area (TPSA) is 67.3 Å². The van der Waals surface area contributed by atoms with Crippen LogP contribution in [-0.2, 0) is 4.74 Å². The first kappa shape index (κ1) is 15.4. The highest BCUT2D eigenvalue weighted by atomic mass is 16.5. The summed E-state index contributed by atoms with van der Waals surface area (Å²) in [5.74, 6) is 1.46. The zero-order chi connectivity index (χ0) is 16.1. The summed E-state index contributed by atoms with van der Waals surface area (Å²) in [5, 5.41) is 0. The molecular formula is C16H20N6O. The maximum absolute atomic E-state index is 5.38. The second-order valence-electron chi connectivity index (χ2n) is 5.32. The molecule has 0 aliphatic carbocycles. The maximum atomic E-state index is 5.38. The first-order chi connectivity index (χ1) is 11.3. The number of ether oxygens (including phenoxy) is 1. The Hall–Kier alpha value is -2.54. The van der Waals surface area contributed by atoms with Crippen LogP contribution in [-0.4, -0.2) is 59.3 Å². The molecule has 1 aliphatic rings. The minimum Gasteiger partial charge on any atom is -0.382 e. The van der Waals surface area contributed by atoms with Gasteiger partial charge < -0.3 is 14.5 Å². The second kappa shape index (κ2) is 7.15. The summed E-state index contributed by atoms with van der Waals surface area (Å²) in [6.07, 6.45) is 8.83. The Morgan fingerprint density at radius 2 is 1.91 bits per heavy atom. The third-order valence-corrected chi connectivity index (χ3v) is 3.83. The van der Waals surface area contributed by atoms with Crippen molar-refractivity contribution in [3.05, 3.63) is 43.0 Å². The molecule has 0 spiro atoms. The van der Waals surface area contributed by atoms with Crippen LogP contribution in [0.5, 0.6) is 0 Å². The highest BCUT2D eigenvalue weighted by Gasteiger charge is 2.29. The standard InChI is InChI=1S/C16H20N6O/c1-3-13-9-19-15(20-10-13)21-7-8-22(14(11-21)12-23-2)16-17-5-4-6-18-16/h3-6,9-10,14H,1,7-8,11-12H2,2H3/t14-/m1/s1. The van der Waals surface area contributed by atoms with E-state index in [0.29, 0.717) is 6.61 Å². The van der Waals surface area contributed by atoms with E-state index in [4.69, 9.17) is 4.74 Å². The lowest BCUT2D eigenvalue weighted by Crippen LogP contribution is -2.56. The average molecular weight is 312 g/mol. The van der Waals surface area contributed by atoms with Gasteiger partial charge in [-0.25, -0.2) is 19.9 Å². The third-order valence-electron chi connectivity index (χ3n) is 3.83. The lowest BCUT2D eigenvalue weighted by Gasteiger charge is -2.41. The van der Waals surface area contributed by atoms with Crippen LogP contribution in [0.4, 0.5) is 11.9 Å². The molecule has 0 amide bonds. The van der Waals surface area contributed by atoms with Crippen molar-refractivity contribution in [2.45, 2.75) is 6.04 Å². The van der Waals surface area contributed by atoms with Crippen LogP contribution in [0.3, 0.4) is 0 Å². The van der Waals surface area contributed by atoms with Crippen molar-refractivity contribution in [1.82, 2.24) is 19.9 Å². The van der Waals surface area contributed by atoms with E-state index < -0.39 is 0 Å². The number of methoxy groups -OCH3 is 1. The fourth-order valence-corrected chi connectivity index (χ4v) is 2.67. The van der Waals surface area contributed by atoms with E-state index in [1.54, 1.807) is 38.0 Å². The fourth-order valence-electron chi connectivity index (χ4n) is 2.67. The summed E-state index contributed by atoms with van der Waals surface area (Å²) >= 11 is 0. The van der Waals surface area contributed by atoms with E-state index in [1.807, 2.05) is 6.07 Å². The summed E-state index contributed by atoms with van der Waals surface area (Å²) in [4.78, 5) is 21.9. The summed E-state index contributed by atoms with van der Waals surface area (Å²) in [7, 11) is 1.71. The smallest absolute Gasteiger partial charge is 0.225 e. The van der Waals surface area contributed by atoms with E-state index in [0.717, 1.165) is 37.1 Å². The van der Waals surface area contributed by atoms with Gasteiger partial charge in [-0.2, -0.15) is 0 Å². The first-order valence-corrected chi connectivity index (χ1v) is 7.54. The van der Waals surface area contributed by atoms with Gasteiger partial charge in [-0.1, -0.05) is 12.7 Å². The number of rotatable bonds is 5. The van der Waals surface area contributed by atoms with Crippen LogP contribution >= 0.6 is 0 Å². The Kier molecular flexibility index (Phi) is 4.77. The van der Waals surface area contributed by atoms with Crippen LogP contribution in [0, 0.1) is 0 Å². The van der Waals surface area contributed by atoms with Crippen molar-refractivity contribution in [1.29, 1.82) is 0 Å². The van der Waals surface area contributed by atoms with Gasteiger partial charge >= 0.3 is 0 Å². The molecule has 0 saturated carbocycles.